The molecule has 0 saturated carbocycles. The van der Waals surface area contributed by atoms with Crippen LogP contribution in [0.25, 0.3) is 0 Å². The summed E-state index contributed by atoms with van der Waals surface area (Å²) in [6.45, 7) is 3.01. The maximum Gasteiger partial charge on any atom is 0.223 e. The van der Waals surface area contributed by atoms with Crippen molar-refractivity contribution in [1.82, 2.24) is 0 Å². The lowest BCUT2D eigenvalue weighted by Crippen LogP contribution is -2.22. The molecule has 2 aromatic rings. The Balaban J connectivity index is 1.56. The average molecular weight is 417 g/mol. The fraction of sp³-hybridized carbons (Fsp3) is 0.364. The monoisotopic (exact) mass is 416 g/mol. The third-order valence-electron chi connectivity index (χ3n) is 4.74. The summed E-state index contributed by atoms with van der Waals surface area (Å²) in [5.41, 5.74) is 1.93. The lowest BCUT2D eigenvalue weighted by molar-refractivity contribution is -0.116. The van der Waals surface area contributed by atoms with Crippen LogP contribution in [-0.4, -0.2) is 32.4 Å². The molecule has 1 aliphatic rings. The number of hydrogen-bond donors (Lipinski definition) is 0. The first kappa shape index (κ1) is 21.3. The summed E-state index contributed by atoms with van der Waals surface area (Å²) in [6.07, 6.45) is 3.63. The summed E-state index contributed by atoms with van der Waals surface area (Å²) in [5, 5.41) is 4.02. The number of halogens is 1. The van der Waals surface area contributed by atoms with Crippen molar-refractivity contribution in [3.8, 4) is 5.75 Å². The molecule has 0 radical (unpaired) electrons. The van der Waals surface area contributed by atoms with E-state index in [1.54, 1.807) is 24.2 Å². The van der Waals surface area contributed by atoms with Gasteiger partial charge >= 0.3 is 0 Å². The molecule has 0 aliphatic carbocycles. The van der Waals surface area contributed by atoms with E-state index in [9.17, 15) is 9.18 Å². The lowest BCUT2D eigenvalue weighted by atomic mass is 10.0. The van der Waals surface area contributed by atoms with E-state index in [-0.39, 0.29) is 11.7 Å². The third-order valence-corrected chi connectivity index (χ3v) is 5.79. The molecule has 7 heteroatoms. The van der Waals surface area contributed by atoms with Crippen LogP contribution < -0.4 is 9.74 Å². The number of oxime groups is 1. The molecule has 0 bridgehead atoms. The quantitative estimate of drug-likeness (QED) is 0.366. The Morgan fingerprint density at radius 1 is 1.28 bits per heavy atom. The minimum absolute atomic E-state index is 0.0149. The fourth-order valence-corrected chi connectivity index (χ4v) is 3.80. The van der Waals surface area contributed by atoms with Crippen LogP contribution in [0, 0.1) is 11.7 Å². The molecule has 1 saturated heterocycles. The largest absolute Gasteiger partial charge is 0.381 e. The first-order chi connectivity index (χ1) is 14.0. The normalized spacial score (nSPS) is 14.9. The number of ether oxygens (including phenoxy) is 1. The van der Waals surface area contributed by atoms with E-state index < -0.39 is 0 Å². The Hall–Kier alpha value is -2.38. The number of carbonyl (C=O) groups is 1. The van der Waals surface area contributed by atoms with Gasteiger partial charge in [0.2, 0.25) is 5.91 Å². The molecular weight excluding hydrogens is 391 g/mol. The smallest absolute Gasteiger partial charge is 0.223 e. The number of thioether (sulfide) groups is 1. The lowest BCUT2D eigenvalue weighted by Gasteiger charge is -2.17. The zero-order valence-electron chi connectivity index (χ0n) is 16.6. The van der Waals surface area contributed by atoms with Gasteiger partial charge in [0.1, 0.15) is 5.82 Å². The van der Waals surface area contributed by atoms with E-state index >= 15 is 0 Å². The average Bonchev–Trinajstić information content (AvgIpc) is 2.72. The molecule has 0 atom stereocenters. The molecule has 2 aromatic carbocycles. The predicted octanol–water partition coefficient (Wildman–Crippen LogP) is 4.89. The molecule has 0 N–H and O–H groups in total. The highest BCUT2D eigenvalue weighted by atomic mass is 32.2. The van der Waals surface area contributed by atoms with Crippen molar-refractivity contribution < 1.29 is 18.8 Å². The summed E-state index contributed by atoms with van der Waals surface area (Å²) in [7, 11) is 1.74. The maximum atomic E-state index is 14.0. The summed E-state index contributed by atoms with van der Waals surface area (Å²) in [5.74, 6) is 1.03. The van der Waals surface area contributed by atoms with E-state index in [4.69, 9.17) is 9.57 Å². The molecule has 29 heavy (non-hydrogen) atoms. The highest BCUT2D eigenvalue weighted by Gasteiger charge is 2.11. The van der Waals surface area contributed by atoms with Crippen molar-refractivity contribution in [3.63, 3.8) is 0 Å². The second kappa shape index (κ2) is 10.4. The van der Waals surface area contributed by atoms with Crippen LogP contribution in [-0.2, 0) is 15.3 Å². The van der Waals surface area contributed by atoms with Crippen LogP contribution in [0.4, 0.5) is 10.1 Å². The number of carbonyl (C=O) groups excluding carboxylic acids is 1. The Morgan fingerprint density at radius 3 is 2.69 bits per heavy atom. The molecule has 1 heterocycles. The van der Waals surface area contributed by atoms with Crippen LogP contribution in [0.2, 0.25) is 0 Å². The molecule has 154 valence electrons. The Bertz CT molecular complexity index is 852. The second-order valence-corrected chi connectivity index (χ2v) is 8.00. The van der Waals surface area contributed by atoms with Crippen molar-refractivity contribution in [1.29, 1.82) is 0 Å². The van der Waals surface area contributed by atoms with Gasteiger partial charge in [-0.1, -0.05) is 17.3 Å². The third kappa shape index (κ3) is 6.58. The van der Waals surface area contributed by atoms with Crippen molar-refractivity contribution in [2.24, 2.45) is 11.1 Å². The van der Waals surface area contributed by atoms with Crippen molar-refractivity contribution in [2.75, 3.05) is 25.2 Å². The second-order valence-electron chi connectivity index (χ2n) is 6.95. The fourth-order valence-electron chi connectivity index (χ4n) is 2.88. The first-order valence-electron chi connectivity index (χ1n) is 9.56. The van der Waals surface area contributed by atoms with Gasteiger partial charge in [0.15, 0.2) is 5.75 Å². The number of benzene rings is 2. The molecule has 0 spiro atoms. The maximum absolute atomic E-state index is 14.0. The zero-order valence-corrected chi connectivity index (χ0v) is 17.5. The van der Waals surface area contributed by atoms with Crippen LogP contribution in [0.15, 0.2) is 52.5 Å². The van der Waals surface area contributed by atoms with Gasteiger partial charge in [-0.3, -0.25) is 4.79 Å². The molecule has 1 amide bonds. The van der Waals surface area contributed by atoms with E-state index in [0.717, 1.165) is 42.2 Å². The minimum Gasteiger partial charge on any atom is -0.381 e. The van der Waals surface area contributed by atoms with Crippen LogP contribution in [0.1, 0.15) is 25.3 Å². The number of anilines is 1. The number of amides is 1. The van der Waals surface area contributed by atoms with Crippen molar-refractivity contribution >= 4 is 29.6 Å². The van der Waals surface area contributed by atoms with Gasteiger partial charge in [-0.2, -0.15) is 0 Å². The van der Waals surface area contributed by atoms with E-state index in [2.05, 4.69) is 5.16 Å². The first-order valence-corrected chi connectivity index (χ1v) is 10.5. The van der Waals surface area contributed by atoms with Gasteiger partial charge in [-0.05, 0) is 42.7 Å². The minimum atomic E-state index is -0.357. The Kier molecular flexibility index (Phi) is 7.66. The van der Waals surface area contributed by atoms with Gasteiger partial charge in [-0.25, -0.2) is 4.39 Å². The molecule has 0 aromatic heterocycles. The highest BCUT2D eigenvalue weighted by Crippen LogP contribution is 2.28. The van der Waals surface area contributed by atoms with Crippen LogP contribution in [0.5, 0.6) is 5.75 Å². The van der Waals surface area contributed by atoms with Gasteiger partial charge in [-0.15, -0.1) is 11.8 Å². The topological polar surface area (TPSA) is 51.1 Å². The zero-order chi connectivity index (χ0) is 20.6. The molecule has 1 aliphatic heterocycles. The molecular formula is C22H25FN2O3S. The molecule has 5 nitrogen and oxygen atoms in total. The van der Waals surface area contributed by atoms with Crippen molar-refractivity contribution in [3.05, 3.63) is 53.8 Å². The Morgan fingerprint density at radius 2 is 2.00 bits per heavy atom. The van der Waals surface area contributed by atoms with Crippen LogP contribution >= 0.6 is 11.8 Å². The SMILES string of the molecule is CC(=O)N(C)c1ccc(CSc2cc(F)cc(O/N=C\C3CCOCC3)c2)cc1. The highest BCUT2D eigenvalue weighted by molar-refractivity contribution is 7.98. The standard InChI is InChI=1S/C22H25FN2O3S/c1-16(26)25(2)20-5-3-18(4-6-20)15-29-22-12-19(23)11-21(13-22)28-24-14-17-7-9-27-10-8-17/h3-6,11-14,17H,7-10,15H2,1-2H3/b24-14-. The van der Waals surface area contributed by atoms with Gasteiger partial charge < -0.3 is 14.5 Å². The van der Waals surface area contributed by atoms with Gasteiger partial charge in [0.05, 0.1) is 0 Å². The van der Waals surface area contributed by atoms with Crippen LogP contribution in [0.3, 0.4) is 0 Å². The summed E-state index contributed by atoms with van der Waals surface area (Å²) in [4.78, 5) is 19.2. The Labute approximate surface area is 174 Å². The number of hydrogen-bond acceptors (Lipinski definition) is 5. The van der Waals surface area contributed by atoms with E-state index in [1.807, 2.05) is 24.3 Å². The predicted molar refractivity (Wildman–Crippen MR) is 114 cm³/mol. The number of rotatable bonds is 7. The molecule has 1 fully saturated rings. The van der Waals surface area contributed by atoms with Crippen molar-refractivity contribution in [2.45, 2.75) is 30.4 Å². The molecule has 0 unspecified atom stereocenters. The summed E-state index contributed by atoms with van der Waals surface area (Å²) < 4.78 is 19.3. The summed E-state index contributed by atoms with van der Waals surface area (Å²) in [6, 6.07) is 12.3. The molecule has 3 rings (SSSR count). The van der Waals surface area contributed by atoms with Gasteiger partial charge in [0, 0.05) is 61.7 Å². The number of nitrogens with zero attached hydrogens (tertiary/aromatic N) is 2. The van der Waals surface area contributed by atoms with E-state index in [0.29, 0.717) is 17.4 Å². The van der Waals surface area contributed by atoms with Gasteiger partial charge in [0.25, 0.3) is 0 Å². The summed E-state index contributed by atoms with van der Waals surface area (Å²) >= 11 is 1.51. The van der Waals surface area contributed by atoms with E-state index in [1.165, 1.54) is 30.8 Å².